The molecule has 3 saturated heterocycles. The van der Waals surface area contributed by atoms with E-state index in [1.165, 1.54) is 78.1 Å². The summed E-state index contributed by atoms with van der Waals surface area (Å²) >= 11 is 0. The fourth-order valence-corrected chi connectivity index (χ4v) is 23.3. The van der Waals surface area contributed by atoms with Crippen LogP contribution in [-0.2, 0) is 75.2 Å². The van der Waals surface area contributed by atoms with E-state index in [-0.39, 0.29) is 98.7 Å². The zero-order chi connectivity index (χ0) is 92.8. The number of hydrogen-bond acceptors (Lipinski definition) is 22. The van der Waals surface area contributed by atoms with Crippen LogP contribution < -0.4 is 42.8 Å². The average molecular weight is 1760 g/mol. The molecular formula is C96H160Li2O22Si3. The molecular weight excluding hydrogens is 1600 g/mol. The Morgan fingerprint density at radius 3 is 1.11 bits per heavy atom. The molecule has 9 aliphatic rings. The number of carbonyl (C=O) groups excluding carboxylic acids is 7. The number of rotatable bonds is 18. The second-order valence-electron chi connectivity index (χ2n) is 35.0. The fourth-order valence-electron chi connectivity index (χ4n) is 20.0. The molecule has 0 amide bonds. The van der Waals surface area contributed by atoms with Crippen molar-refractivity contribution in [2.45, 2.75) is 365 Å². The summed E-state index contributed by atoms with van der Waals surface area (Å²) in [6.07, 6.45) is 3.38. The molecule has 0 spiro atoms. The third kappa shape index (κ3) is 26.8. The Labute approximate surface area is 769 Å². The number of benzene rings is 2. The summed E-state index contributed by atoms with van der Waals surface area (Å²) in [5.41, 5.74) is -7.65. The molecule has 690 valence electrons. The van der Waals surface area contributed by atoms with Crippen LogP contribution in [0.2, 0.25) is 42.3 Å². The van der Waals surface area contributed by atoms with Crippen LogP contribution in [0.5, 0.6) is 0 Å². The van der Waals surface area contributed by atoms with E-state index in [1.807, 2.05) is 125 Å². The Kier molecular flexibility index (Phi) is 51.9. The molecule has 6 aliphatic carbocycles. The number of carbonyl (C=O) groups is 7. The maximum absolute atomic E-state index is 14.9. The molecule has 2 aromatic rings. The summed E-state index contributed by atoms with van der Waals surface area (Å²) in [6.45, 7) is 57.0. The SMILES string of the molecule is C1CCOC1.CC.CCCC.CC[C@H]1C[C@H]2OC[C@@]2(OC(C)=O)[C@H]2[C@H](OC(=O)c3ccccc3)[C@]3(O)C[C@H](O)C(C)=C([C@@H](C)C(=O)[C@]12C)C3(C)C.CC[C@H]1C[C@H]2OC[C@@]2(OC(C)=O)[C@H]2[C@H](OC(=O)c3ccccc3)[C@]3(O)C[C@H]([O-])C(C)=C([C@@H](C)C(=O)[C@]12C)C3(C)C.CC[Si](=O)CC.CC[Si](=O)CC.CC[Si](CC)(CC)OC.COC(C)=O.[CH2-]CCC.[Li+].[Li+]. The number of methoxy groups -OCH3 is 1. The largest absolute Gasteiger partial charge is 1.00 e. The molecule has 4 saturated carbocycles. The van der Waals surface area contributed by atoms with Gasteiger partial charge in [0.05, 0.1) is 49.4 Å². The van der Waals surface area contributed by atoms with Crippen LogP contribution in [0.3, 0.4) is 0 Å². The molecule has 22 nitrogen and oxygen atoms in total. The minimum atomic E-state index is -1.86. The maximum Gasteiger partial charge on any atom is 1.00 e. The molecule has 3 heterocycles. The summed E-state index contributed by atoms with van der Waals surface area (Å²) in [4.78, 5) is 92.0. The van der Waals surface area contributed by atoms with Crippen molar-refractivity contribution in [3.05, 3.63) is 101 Å². The molecule has 11 rings (SSSR count). The standard InChI is InChI=1S/C32H42O8.C32H41O8.C7H18OSi.2C4H10OSi.C4H8O.C4H10.C4H9.C3H6O2.C2H6.2Li/c2*1-8-21-14-23-31(16-38-23,40-19(4)33)25-27(39-28(36)20-12-10-9-11-13-20)32(37)15-22(34)17(2)24(29(32,5)6)18(3)26(35)30(21,25)7;1-5-9(6-2,7-3)8-4;2*1-3-6(5)4-2;1-2-4-5-3-1;2*1-3-4-2;1-3(4)5-2;1-2;;/h9-13,18,21-23,25,27,34,37H,8,14-16H2,1-7H3;9-13,18,21-23,25,27,37H,8,14-16H2,1-7H3;5-7H2,1-4H3;2*3-4H2,1-2H3;1-4H2;3-4H2,1-2H3;1,3-4H2,2H3;1-2H3;1-2H3;;/q;-1;;;;;;-1;;;2*+1/t2*18-,21+,22+,23-,25+,27+,30-,31+,32-;;;;;;;;;;/m11........../s1. The van der Waals surface area contributed by atoms with Gasteiger partial charge in [-0.05, 0) is 136 Å². The summed E-state index contributed by atoms with van der Waals surface area (Å²) in [6, 6.07) is 24.2. The molecule has 7 fully saturated rings. The Hall–Kier alpha value is -4.26. The Morgan fingerprint density at radius 1 is 0.553 bits per heavy atom. The van der Waals surface area contributed by atoms with Crippen molar-refractivity contribution in [2.75, 3.05) is 40.6 Å². The van der Waals surface area contributed by atoms with E-state index < -0.39 is 154 Å². The molecule has 123 heavy (non-hydrogen) atoms. The van der Waals surface area contributed by atoms with Gasteiger partial charge in [0.2, 0.25) is 0 Å². The van der Waals surface area contributed by atoms with Crippen molar-refractivity contribution in [1.82, 2.24) is 0 Å². The van der Waals surface area contributed by atoms with Gasteiger partial charge in [0.15, 0.2) is 19.5 Å². The van der Waals surface area contributed by atoms with Gasteiger partial charge in [-0.25, -0.2) is 9.59 Å². The summed E-state index contributed by atoms with van der Waals surface area (Å²) in [5, 5.41) is 50.7. The second kappa shape index (κ2) is 53.8. The van der Waals surface area contributed by atoms with Crippen LogP contribution in [0.4, 0.5) is 0 Å². The number of aliphatic hydroxyl groups excluding tert-OH is 1. The van der Waals surface area contributed by atoms with Crippen LogP contribution in [0, 0.1) is 64.1 Å². The smallest absolute Gasteiger partial charge is 0.849 e. The summed E-state index contributed by atoms with van der Waals surface area (Å²) in [5.74, 6) is -6.37. The van der Waals surface area contributed by atoms with Gasteiger partial charge >= 0.3 is 67.6 Å². The molecule has 3 N–H and O–H groups in total. The first-order valence-corrected chi connectivity index (χ1v) is 51.4. The van der Waals surface area contributed by atoms with Gasteiger partial charge in [0.1, 0.15) is 47.2 Å². The normalized spacial score (nSPS) is 30.8. The van der Waals surface area contributed by atoms with Crippen LogP contribution in [0.25, 0.3) is 0 Å². The third-order valence-electron chi connectivity index (χ3n) is 27.8. The van der Waals surface area contributed by atoms with Gasteiger partial charge in [-0.1, -0.05) is 232 Å². The summed E-state index contributed by atoms with van der Waals surface area (Å²) in [7, 11) is -0.215. The van der Waals surface area contributed by atoms with Crippen molar-refractivity contribution in [2.24, 2.45) is 57.2 Å². The zero-order valence-corrected chi connectivity index (χ0v) is 84.8. The molecule has 27 heteroatoms. The van der Waals surface area contributed by atoms with Crippen LogP contribution >= 0.6 is 0 Å². The number of unbranched alkanes of at least 4 members (excludes halogenated alkanes) is 2. The maximum atomic E-state index is 14.9. The van der Waals surface area contributed by atoms with Crippen LogP contribution in [0.1, 0.15) is 285 Å². The number of ketones is 2. The first-order chi connectivity index (χ1) is 56.8. The van der Waals surface area contributed by atoms with Gasteiger partial charge in [-0.15, -0.1) is 6.10 Å². The van der Waals surface area contributed by atoms with Gasteiger partial charge in [-0.3, -0.25) is 24.0 Å². The first kappa shape index (κ1) is 119. The second-order valence-corrected chi connectivity index (χ2v) is 44.8. The molecule has 0 aromatic heterocycles. The van der Waals surface area contributed by atoms with E-state index in [0.29, 0.717) is 53.5 Å². The van der Waals surface area contributed by atoms with E-state index in [4.69, 9.17) is 37.6 Å². The Balaban J connectivity index is 0.00000165. The topological polar surface area (TPSA) is 320 Å². The molecule has 18 atom stereocenters. The average Bonchev–Trinajstić information content (AvgIpc) is 0.844. The van der Waals surface area contributed by atoms with E-state index in [2.05, 4.69) is 53.2 Å². The Morgan fingerprint density at radius 2 is 0.878 bits per heavy atom. The minimum Gasteiger partial charge on any atom is -0.849 e. The molecule has 4 bridgehead atoms. The van der Waals surface area contributed by atoms with Gasteiger partial charge in [-0.2, -0.15) is 6.42 Å². The first-order valence-electron chi connectivity index (χ1n) is 45.2. The molecule has 0 radical (unpaired) electrons. The molecule has 0 unspecified atom stereocenters. The van der Waals surface area contributed by atoms with Gasteiger partial charge in [0, 0.05) is 81.0 Å². The zero-order valence-electron chi connectivity index (χ0n) is 81.8. The van der Waals surface area contributed by atoms with E-state index in [1.54, 1.807) is 67.6 Å². The van der Waals surface area contributed by atoms with E-state index in [9.17, 15) is 62.9 Å². The number of aliphatic hydroxyl groups is 3. The third-order valence-corrected chi connectivity index (χ3v) is 35.7. The summed E-state index contributed by atoms with van der Waals surface area (Å²) < 4.78 is 72.2. The number of hydrogen-bond donors (Lipinski definition) is 3. The monoisotopic (exact) mass is 1760 g/mol. The van der Waals surface area contributed by atoms with E-state index >= 15 is 0 Å². The van der Waals surface area contributed by atoms with Crippen LogP contribution in [-0.4, -0.2) is 182 Å². The number of fused-ring (bicyclic) bond motifs is 10. The minimum absolute atomic E-state index is 0. The van der Waals surface area contributed by atoms with Gasteiger partial charge < -0.3 is 78.6 Å². The number of Topliss-reactive ketones (excluding diaryl/α,β-unsaturated/α-hetero) is 2. The van der Waals surface area contributed by atoms with E-state index in [0.717, 1.165) is 43.8 Å². The van der Waals surface area contributed by atoms with Crippen molar-refractivity contribution in [1.29, 1.82) is 0 Å². The van der Waals surface area contributed by atoms with Gasteiger partial charge in [0.25, 0.3) is 17.4 Å². The van der Waals surface area contributed by atoms with Crippen LogP contribution in [0.15, 0.2) is 83.0 Å². The molecule has 3 aliphatic heterocycles. The predicted molar refractivity (Wildman–Crippen MR) is 479 cm³/mol. The van der Waals surface area contributed by atoms with Crippen molar-refractivity contribution in [3.8, 4) is 0 Å². The van der Waals surface area contributed by atoms with Crippen molar-refractivity contribution >= 4 is 67.1 Å². The number of esters is 5. The number of ether oxygens (including phenoxy) is 8. The predicted octanol–water partition coefficient (Wildman–Crippen LogP) is 12.4. The van der Waals surface area contributed by atoms with Crippen molar-refractivity contribution < 1.29 is 143 Å². The van der Waals surface area contributed by atoms with Crippen molar-refractivity contribution in [3.63, 3.8) is 0 Å². The Bertz CT molecular complexity index is 3450. The molecule has 2 aromatic carbocycles. The fraction of sp³-hybridized carbons (Fsp3) is 0.750. The quantitative estimate of drug-likeness (QED) is 0.0410.